The van der Waals surface area contributed by atoms with Crippen LogP contribution < -0.4 is 11.1 Å². The van der Waals surface area contributed by atoms with Crippen LogP contribution in [0.25, 0.3) is 0 Å². The molecule has 10 heteroatoms. The summed E-state index contributed by atoms with van der Waals surface area (Å²) in [5.74, 6) is -0.461. The second kappa shape index (κ2) is 39.9. The predicted octanol–water partition coefficient (Wildman–Crippen LogP) is 11.3. The third kappa shape index (κ3) is 37.6. The molecular weight excluding hydrogens is 699 g/mol. The van der Waals surface area contributed by atoms with Crippen molar-refractivity contribution < 1.29 is 33.5 Å². The number of rotatable bonds is 41. The largest absolute Gasteiger partial charge is 0.472 e. The Morgan fingerprint density at radius 3 is 1.56 bits per heavy atom. The molecule has 1 amide bonds. The molecule has 0 aromatic rings. The quantitative estimate of drug-likeness (QED) is 0.0233. The van der Waals surface area contributed by atoms with Crippen LogP contribution in [0.1, 0.15) is 200 Å². The molecule has 0 rings (SSSR count). The number of carbonyl (C=O) groups is 1. The first-order valence-corrected chi connectivity index (χ1v) is 23.7. The van der Waals surface area contributed by atoms with E-state index in [0.717, 1.165) is 44.9 Å². The highest BCUT2D eigenvalue weighted by molar-refractivity contribution is 7.47. The highest BCUT2D eigenvalue weighted by Crippen LogP contribution is 2.43. The second-order valence-corrected chi connectivity index (χ2v) is 16.5. The molecular formula is C44H85N2O7P. The number of amides is 1. The molecule has 0 saturated carbocycles. The van der Waals surface area contributed by atoms with Crippen LogP contribution in [0.5, 0.6) is 0 Å². The maximum atomic E-state index is 12.8. The van der Waals surface area contributed by atoms with Crippen molar-refractivity contribution in [2.75, 3.05) is 19.8 Å². The van der Waals surface area contributed by atoms with Gasteiger partial charge in [0.05, 0.1) is 37.9 Å². The number of phosphoric acid groups is 1. The fourth-order valence-corrected chi connectivity index (χ4v) is 7.12. The Balaban J connectivity index is 4.37. The van der Waals surface area contributed by atoms with E-state index in [1.165, 1.54) is 122 Å². The van der Waals surface area contributed by atoms with Crippen molar-refractivity contribution in [1.29, 1.82) is 0 Å². The molecule has 0 heterocycles. The van der Waals surface area contributed by atoms with Crippen molar-refractivity contribution >= 4 is 13.7 Å². The molecule has 54 heavy (non-hydrogen) atoms. The number of carbonyl (C=O) groups excluding carboxylic acids is 1. The van der Waals surface area contributed by atoms with Gasteiger partial charge in [-0.3, -0.25) is 13.8 Å². The molecule has 9 nitrogen and oxygen atoms in total. The van der Waals surface area contributed by atoms with Gasteiger partial charge in [-0.25, -0.2) is 4.57 Å². The van der Waals surface area contributed by atoms with Gasteiger partial charge in [0, 0.05) is 6.54 Å². The molecule has 318 valence electrons. The lowest BCUT2D eigenvalue weighted by molar-refractivity contribution is -0.124. The Bertz CT molecular complexity index is 961. The predicted molar refractivity (Wildman–Crippen MR) is 227 cm³/mol. The van der Waals surface area contributed by atoms with Crippen LogP contribution in [0.3, 0.4) is 0 Å². The van der Waals surface area contributed by atoms with Crippen LogP contribution in [0.2, 0.25) is 0 Å². The molecule has 0 aromatic heterocycles. The van der Waals surface area contributed by atoms with E-state index in [4.69, 9.17) is 14.8 Å². The van der Waals surface area contributed by atoms with Gasteiger partial charge in [0.2, 0.25) is 5.91 Å². The topological polar surface area (TPSA) is 151 Å². The van der Waals surface area contributed by atoms with E-state index in [-0.39, 0.29) is 19.6 Å². The van der Waals surface area contributed by atoms with Crippen LogP contribution in [-0.4, -0.2) is 59.0 Å². The lowest BCUT2D eigenvalue weighted by atomic mass is 10.0. The summed E-state index contributed by atoms with van der Waals surface area (Å²) in [6, 6.07) is -1.00. The molecule has 0 saturated heterocycles. The average molecular weight is 785 g/mol. The summed E-state index contributed by atoms with van der Waals surface area (Å²) in [4.78, 5) is 22.7. The van der Waals surface area contributed by atoms with Crippen LogP contribution in [0.4, 0.5) is 0 Å². The van der Waals surface area contributed by atoms with Crippen LogP contribution in [-0.2, 0) is 18.4 Å². The maximum Gasteiger partial charge on any atom is 0.472 e. The lowest BCUT2D eigenvalue weighted by Crippen LogP contribution is -2.46. The van der Waals surface area contributed by atoms with E-state index < -0.39 is 38.6 Å². The Morgan fingerprint density at radius 2 is 1.06 bits per heavy atom. The van der Waals surface area contributed by atoms with Gasteiger partial charge >= 0.3 is 7.82 Å². The van der Waals surface area contributed by atoms with Gasteiger partial charge in [-0.05, 0) is 57.8 Å². The summed E-state index contributed by atoms with van der Waals surface area (Å²) in [5, 5.41) is 24.0. The highest BCUT2D eigenvalue weighted by atomic mass is 31.2. The lowest BCUT2D eigenvalue weighted by Gasteiger charge is -2.24. The summed E-state index contributed by atoms with van der Waals surface area (Å²) >= 11 is 0. The molecule has 0 aliphatic carbocycles. The van der Waals surface area contributed by atoms with Gasteiger partial charge in [-0.15, -0.1) is 0 Å². The Hall–Kier alpha value is -1.32. The van der Waals surface area contributed by atoms with Gasteiger partial charge < -0.3 is 26.2 Å². The van der Waals surface area contributed by atoms with E-state index >= 15 is 0 Å². The zero-order chi connectivity index (χ0) is 39.8. The Morgan fingerprint density at radius 1 is 0.630 bits per heavy atom. The summed E-state index contributed by atoms with van der Waals surface area (Å²) in [6.07, 6.45) is 43.8. The van der Waals surface area contributed by atoms with Crippen molar-refractivity contribution in [2.45, 2.75) is 218 Å². The third-order valence-electron chi connectivity index (χ3n) is 9.74. The molecule has 0 aliphatic rings. The standard InChI is InChI=1S/C44H85N2O7P/c1-3-5-7-9-11-13-15-17-18-19-20-21-22-24-26-28-30-32-34-36-43(48)42(40-53-54(50,51)52-38-37-45)46-44(49)39-41(47)35-33-31-29-27-25-23-16-14-12-10-8-6-4-2/h14,16,26,28,34,36,41-43,47-48H,3-13,15,17-25,27,29-33,35,37-40,45H2,1-2H3,(H,46,49)(H,50,51)/b16-14-,28-26+,36-34+. The number of hydrogen-bond donors (Lipinski definition) is 5. The first kappa shape index (κ1) is 52.7. The molecule has 4 unspecified atom stereocenters. The molecule has 0 aromatic carbocycles. The van der Waals surface area contributed by atoms with E-state index in [1.807, 2.05) is 6.08 Å². The van der Waals surface area contributed by atoms with Crippen molar-refractivity contribution in [3.8, 4) is 0 Å². The van der Waals surface area contributed by atoms with E-state index in [9.17, 15) is 24.5 Å². The number of aliphatic hydroxyl groups is 2. The van der Waals surface area contributed by atoms with E-state index in [2.05, 4.69) is 43.5 Å². The maximum absolute atomic E-state index is 12.8. The number of nitrogens with one attached hydrogen (secondary N) is 1. The average Bonchev–Trinajstić information content (AvgIpc) is 3.15. The van der Waals surface area contributed by atoms with Gasteiger partial charge in [0.15, 0.2) is 0 Å². The zero-order valence-corrected chi connectivity index (χ0v) is 35.7. The number of phosphoric ester groups is 1. The molecule has 4 atom stereocenters. The van der Waals surface area contributed by atoms with Crippen molar-refractivity contribution in [1.82, 2.24) is 5.32 Å². The van der Waals surface area contributed by atoms with Crippen molar-refractivity contribution in [3.63, 3.8) is 0 Å². The Kier molecular flexibility index (Phi) is 38.9. The number of hydrogen-bond acceptors (Lipinski definition) is 7. The summed E-state index contributed by atoms with van der Waals surface area (Å²) < 4.78 is 22.1. The van der Waals surface area contributed by atoms with Crippen molar-refractivity contribution in [2.24, 2.45) is 5.73 Å². The highest BCUT2D eigenvalue weighted by Gasteiger charge is 2.27. The fraction of sp³-hybridized carbons (Fsp3) is 0.841. The minimum absolute atomic E-state index is 0.0434. The van der Waals surface area contributed by atoms with E-state index in [1.54, 1.807) is 6.08 Å². The number of aliphatic hydroxyl groups excluding tert-OH is 2. The number of allylic oxidation sites excluding steroid dienone is 5. The second-order valence-electron chi connectivity index (χ2n) is 15.1. The molecule has 0 aliphatic heterocycles. The molecule has 0 spiro atoms. The fourth-order valence-electron chi connectivity index (χ4n) is 6.36. The van der Waals surface area contributed by atoms with Gasteiger partial charge in [-0.2, -0.15) is 0 Å². The smallest absolute Gasteiger partial charge is 0.393 e. The normalized spacial score (nSPS) is 15.0. The van der Waals surface area contributed by atoms with Gasteiger partial charge in [0.1, 0.15) is 0 Å². The minimum atomic E-state index is -4.41. The first-order valence-electron chi connectivity index (χ1n) is 22.2. The summed E-state index contributed by atoms with van der Waals surface area (Å²) in [5.41, 5.74) is 5.36. The minimum Gasteiger partial charge on any atom is -0.393 e. The van der Waals surface area contributed by atoms with Crippen LogP contribution >= 0.6 is 7.82 Å². The SMILES string of the molecule is CCCCCC/C=C\CCCCCCCC(O)CC(=O)NC(COP(=O)(O)OCCN)C(O)/C=C/CC/C=C/CCCCCCCCCCCCCCC. The molecule has 6 N–H and O–H groups in total. The molecule has 0 fully saturated rings. The van der Waals surface area contributed by atoms with Crippen LogP contribution in [0.15, 0.2) is 36.5 Å². The first-order chi connectivity index (χ1) is 26.3. The monoisotopic (exact) mass is 785 g/mol. The summed E-state index contributed by atoms with van der Waals surface area (Å²) in [7, 11) is -4.41. The van der Waals surface area contributed by atoms with Gasteiger partial charge in [0.25, 0.3) is 0 Å². The number of nitrogens with two attached hydrogens (primary N) is 1. The third-order valence-corrected chi connectivity index (χ3v) is 10.7. The molecule has 0 radical (unpaired) electrons. The molecule has 0 bridgehead atoms. The van der Waals surface area contributed by atoms with Gasteiger partial charge in [-0.1, -0.05) is 172 Å². The summed E-state index contributed by atoms with van der Waals surface area (Å²) in [6.45, 7) is 3.93. The number of unbranched alkanes of at least 4 members (excludes halogenated alkanes) is 23. The van der Waals surface area contributed by atoms with Crippen LogP contribution in [0, 0.1) is 0 Å². The Labute approximate surface area is 332 Å². The zero-order valence-electron chi connectivity index (χ0n) is 34.8. The van der Waals surface area contributed by atoms with E-state index in [0.29, 0.717) is 12.8 Å². The van der Waals surface area contributed by atoms with Crippen molar-refractivity contribution in [3.05, 3.63) is 36.5 Å².